The minimum atomic E-state index is -2.50. The second-order valence-electron chi connectivity index (χ2n) is 33.3. The van der Waals surface area contributed by atoms with Crippen LogP contribution in [0.4, 0.5) is 11.8 Å². The van der Waals surface area contributed by atoms with Gasteiger partial charge in [-0.15, -0.1) is 0 Å². The molecule has 0 unspecified atom stereocenters. The van der Waals surface area contributed by atoms with Gasteiger partial charge >= 0.3 is 5.97 Å². The topological polar surface area (TPSA) is 427 Å². The van der Waals surface area contributed by atoms with Crippen LogP contribution in [0.3, 0.4) is 0 Å². The van der Waals surface area contributed by atoms with Crippen molar-refractivity contribution in [1.82, 2.24) is 34.6 Å². The number of anilines is 2. The number of thiocarbonyl (C=S) groups is 1. The first-order valence-electron chi connectivity index (χ1n) is 43.8. The molecule has 2 bridgehead atoms. The number of nitrogen functional groups attached to an aromatic ring is 2. The Morgan fingerprint density at radius 2 is 1.44 bits per heavy atom. The summed E-state index contributed by atoms with van der Waals surface area (Å²) in [4.78, 5) is 101. The van der Waals surface area contributed by atoms with Crippen LogP contribution in [0.1, 0.15) is 148 Å². The number of piperidine rings is 1. The second-order valence-corrected chi connectivity index (χ2v) is 33.7. The van der Waals surface area contributed by atoms with Crippen molar-refractivity contribution < 1.29 is 105 Å². The zero-order valence-corrected chi connectivity index (χ0v) is 73.9. The Kier molecular flexibility index (Phi) is 38.7. The molecule has 10 N–H and O–H groups in total. The van der Waals surface area contributed by atoms with Crippen LogP contribution in [0.5, 0.6) is 0 Å². The molecular weight excluding hydrogens is 1620 g/mol. The number of hydrogen-bond acceptors (Lipinski definition) is 29. The minimum absolute atomic E-state index is 0.0132. The van der Waals surface area contributed by atoms with E-state index in [1.54, 1.807) is 35.0 Å². The number of esters is 1. The molecule has 10 rings (SSSR count). The predicted molar refractivity (Wildman–Crippen MR) is 468 cm³/mol. The molecule has 5 aromatic rings. The summed E-state index contributed by atoms with van der Waals surface area (Å²) in [6, 6.07) is 10.1. The Morgan fingerprint density at radius 3 is 2.13 bits per heavy atom. The Bertz CT molecular complexity index is 4460. The first kappa shape index (κ1) is 97.8. The minimum Gasteiger partial charge on any atom is -0.465 e. The molecular formula is C91H130N10O22S. The van der Waals surface area contributed by atoms with Crippen molar-refractivity contribution in [2.45, 2.75) is 212 Å². The number of cyclic esters (lactones) is 1. The normalized spacial score (nSPS) is 27.4. The summed E-state index contributed by atoms with van der Waals surface area (Å²) in [5.41, 5.74) is 27.5. The van der Waals surface area contributed by atoms with Crippen LogP contribution in [-0.2, 0) is 105 Å². The number of nitrogens with zero attached hydrogens (tertiary/aromatic N) is 6. The maximum absolute atomic E-state index is 14.7. The first-order valence-corrected chi connectivity index (χ1v) is 44.2. The molecule has 33 heteroatoms. The molecule has 2 amide bonds. The fourth-order valence-electron chi connectivity index (χ4n) is 16.8. The van der Waals surface area contributed by atoms with E-state index in [4.69, 9.17) is 90.7 Å². The summed E-state index contributed by atoms with van der Waals surface area (Å²) in [6.45, 7) is 18.1. The summed E-state index contributed by atoms with van der Waals surface area (Å²) in [7, 11) is 3.14. The molecule has 682 valence electrons. The Hall–Kier alpha value is -8.36. The number of rotatable bonds is 34. The van der Waals surface area contributed by atoms with E-state index in [9.17, 15) is 44.1 Å². The van der Waals surface area contributed by atoms with Gasteiger partial charge < -0.3 is 113 Å². The number of amides is 2. The number of allylic oxidation sites excluding steroid dienone is 6. The van der Waals surface area contributed by atoms with Gasteiger partial charge in [0.2, 0.25) is 11.7 Å². The average Bonchev–Trinajstić information content (AvgIpc) is 1.52. The molecule has 7 heterocycles. The van der Waals surface area contributed by atoms with Gasteiger partial charge in [-0.3, -0.25) is 24.0 Å². The van der Waals surface area contributed by atoms with Gasteiger partial charge in [0.15, 0.2) is 11.4 Å². The molecule has 32 nitrogen and oxygen atoms in total. The number of ether oxygens (including phenoxy) is 12. The highest BCUT2D eigenvalue weighted by Gasteiger charge is 2.53. The van der Waals surface area contributed by atoms with Crippen molar-refractivity contribution in [1.29, 1.82) is 0 Å². The van der Waals surface area contributed by atoms with E-state index >= 15 is 0 Å². The van der Waals surface area contributed by atoms with E-state index in [0.29, 0.717) is 200 Å². The molecule has 0 radical (unpaired) electrons. The summed E-state index contributed by atoms with van der Waals surface area (Å²) in [5.74, 6) is -8.58. The predicted octanol–water partition coefficient (Wildman–Crippen LogP) is 8.36. The third-order valence-electron chi connectivity index (χ3n) is 24.0. The lowest BCUT2D eigenvalue weighted by molar-refractivity contribution is -0.265. The van der Waals surface area contributed by atoms with Gasteiger partial charge in [-0.25, -0.2) is 14.8 Å². The van der Waals surface area contributed by atoms with Crippen molar-refractivity contribution in [3.8, 4) is 11.1 Å². The van der Waals surface area contributed by atoms with E-state index in [-0.39, 0.29) is 66.7 Å². The number of aliphatic hydroxyl groups excluding tert-OH is 2. The quantitative estimate of drug-likeness (QED) is 0.00668. The molecule has 3 fully saturated rings. The van der Waals surface area contributed by atoms with E-state index in [0.717, 1.165) is 50.2 Å². The number of nitrogens with one attached hydrogen (secondary N) is 1. The number of fused-ring (bicyclic) bond motifs is 6. The number of aromatic nitrogens is 4. The standard InChI is InChI=1S/C91H130N10O22S/c1-57-15-10-9-11-16-58(2)76(111-7)51-68-24-19-62(6)91(110,123-68)84(107)87(108)101-29-13-12-17-72(101)88(109)120-77(52-73(102)59(3)46-61(5)82(105)83(106)81(104)60(4)45-57)70(92)48-63-21-25-75(78(49-63)112-8)122-90(124)95-28-32-114-34-36-116-38-40-118-42-44-119-43-41-117-39-37-115-35-33-113-31-14-18-79(103)99-30-27-65-47-64(20-22-67(65)54-99)53-100-55-69(80-85(93)96-56-97-86(80)100)66-23-26-74-71(50-66)98-89(94)121-74/h9-11,15-16,20,22-23,26,46-47,50,55-57,59-60,62-63,68,70,72,75-78,82-83,105-106,110H,12-14,17-19,21,24-25,27-45,48-49,51-54,92H2,1-8H3,(H2,94,98)(H,95,124)(H2,93,96,97)/b11-9+,15-10+,58-16+,61-46+/t57-,59-,60-,62-,63+,68+,70-,72+,75-,76+,77+,78-,82-,83+,91-/m1/s1. The number of carbonyl (C=O) groups is 6. The lowest BCUT2D eigenvalue weighted by Gasteiger charge is -2.42. The monoisotopic (exact) mass is 1750 g/mol. The van der Waals surface area contributed by atoms with Crippen molar-refractivity contribution in [3.63, 3.8) is 0 Å². The molecule has 2 saturated heterocycles. The zero-order chi connectivity index (χ0) is 88.8. The van der Waals surface area contributed by atoms with Gasteiger partial charge in [-0.2, -0.15) is 4.98 Å². The van der Waals surface area contributed by atoms with Crippen LogP contribution < -0.4 is 22.5 Å². The van der Waals surface area contributed by atoms with E-state index in [1.165, 1.54) is 24.9 Å². The lowest BCUT2D eigenvalue weighted by Crippen LogP contribution is -2.61. The molecule has 3 aromatic heterocycles. The highest BCUT2D eigenvalue weighted by atomic mass is 32.1. The maximum atomic E-state index is 14.7. The zero-order valence-electron chi connectivity index (χ0n) is 73.1. The molecule has 1 saturated carbocycles. The number of hydrogen-bond donors (Lipinski definition) is 7. The Balaban J connectivity index is 0.560. The lowest BCUT2D eigenvalue weighted by atomic mass is 9.80. The summed E-state index contributed by atoms with van der Waals surface area (Å²) < 4.78 is 77.7. The molecule has 15 atom stereocenters. The molecule has 1 aliphatic carbocycles. The van der Waals surface area contributed by atoms with Gasteiger partial charge in [0, 0.05) is 108 Å². The van der Waals surface area contributed by atoms with Crippen LogP contribution in [0.2, 0.25) is 0 Å². The van der Waals surface area contributed by atoms with Crippen LogP contribution >= 0.6 is 12.2 Å². The SMILES string of the molecule is CO[C@H]1C[C@@H]2CC[C@@H](C)[C@@](O)(O2)C(=O)C(=O)N2CCCC[C@H]2C(=O)O[C@H]([C@H](N)C[C@@H]2CC[C@@H](OC(=S)NCCOCCOCCOCCOCCOCCOCCOCCCC(=O)N3CCc4cc(Cn5cc(-c6ccc7oc(N)nc7c6)c6c(N)ncnc65)ccc4C3)[C@H](OC)C2)CC(=O)[C@H](C)/C=C(\C)[C@@H](O)[C@@H](O)C(=O)[C@H](C)C[C@H](C)/C=C/C=C/C=C/1C. The number of aliphatic hydroxyl groups is 3. The van der Waals surface area contributed by atoms with Crippen molar-refractivity contribution >= 4 is 86.5 Å². The highest BCUT2D eigenvalue weighted by Crippen LogP contribution is 2.40. The van der Waals surface area contributed by atoms with Gasteiger partial charge in [0.05, 0.1) is 110 Å². The molecule has 0 spiro atoms. The van der Waals surface area contributed by atoms with Crippen LogP contribution in [-0.4, -0.2) is 272 Å². The van der Waals surface area contributed by atoms with Crippen molar-refractivity contribution in [3.05, 3.63) is 113 Å². The third-order valence-corrected chi connectivity index (χ3v) is 24.3. The largest absolute Gasteiger partial charge is 0.465 e. The van der Waals surface area contributed by atoms with Crippen LogP contribution in [0, 0.1) is 29.6 Å². The maximum Gasteiger partial charge on any atom is 0.329 e. The van der Waals surface area contributed by atoms with Gasteiger partial charge in [-0.1, -0.05) is 88.4 Å². The number of Topliss-reactive ketones (excluding diaryl/α,β-unsaturated/α-hetero) is 3. The summed E-state index contributed by atoms with van der Waals surface area (Å²) >= 11 is 5.59. The summed E-state index contributed by atoms with van der Waals surface area (Å²) in [5, 5.41) is 38.6. The number of carbonyl (C=O) groups excluding carboxylic acids is 6. The number of benzene rings is 2. The first-order chi connectivity index (χ1) is 59.7. The number of nitrogens with two attached hydrogens (primary N) is 3. The third kappa shape index (κ3) is 28.1. The Morgan fingerprint density at radius 1 is 0.742 bits per heavy atom. The van der Waals surface area contributed by atoms with Gasteiger partial charge in [-0.05, 0) is 160 Å². The second kappa shape index (κ2) is 49.1. The van der Waals surface area contributed by atoms with Gasteiger partial charge in [0.25, 0.3) is 22.9 Å². The van der Waals surface area contributed by atoms with E-state index in [1.807, 2.05) is 73.5 Å². The fourth-order valence-corrected chi connectivity index (χ4v) is 17.0. The molecule has 5 aliphatic rings. The smallest absolute Gasteiger partial charge is 0.329 e. The van der Waals surface area contributed by atoms with Crippen molar-refractivity contribution in [2.24, 2.45) is 35.3 Å². The number of oxazole rings is 1. The fraction of sp³-hybridized carbons (Fsp3) is 0.626. The molecule has 124 heavy (non-hydrogen) atoms. The van der Waals surface area contributed by atoms with Crippen molar-refractivity contribution in [2.75, 3.05) is 138 Å². The van der Waals surface area contributed by atoms with Gasteiger partial charge in [0.1, 0.15) is 59.6 Å². The Labute approximate surface area is 731 Å². The number of ketones is 3. The highest BCUT2D eigenvalue weighted by molar-refractivity contribution is 7.80. The molecule has 2 aromatic carbocycles. The average molecular weight is 1750 g/mol. The molecule has 4 aliphatic heterocycles. The van der Waals surface area contributed by atoms with Crippen LogP contribution in [0.15, 0.2) is 101 Å². The number of methoxy groups -OCH3 is 2. The van der Waals surface area contributed by atoms with E-state index < -0.39 is 108 Å². The summed E-state index contributed by atoms with van der Waals surface area (Å²) in [6.07, 6.45) is 13.7. The van der Waals surface area contributed by atoms with E-state index in [2.05, 4.69) is 43.0 Å². The van der Waals surface area contributed by atoms with Crippen LogP contribution in [0.25, 0.3) is 33.3 Å².